The van der Waals surface area contributed by atoms with E-state index < -0.39 is 0 Å². The van der Waals surface area contributed by atoms with Crippen LogP contribution >= 0.6 is 0 Å². The van der Waals surface area contributed by atoms with Crippen molar-refractivity contribution in [3.05, 3.63) is 94.6 Å². The number of amides is 1. The molecule has 3 aliphatic rings. The highest BCUT2D eigenvalue weighted by Gasteiger charge is 2.39. The van der Waals surface area contributed by atoms with Crippen LogP contribution in [0.15, 0.2) is 72.3 Å². The number of rotatable bonds is 7. The fourth-order valence-corrected chi connectivity index (χ4v) is 6.53. The van der Waals surface area contributed by atoms with Gasteiger partial charge in [-0.3, -0.25) is 9.69 Å². The zero-order valence-electron chi connectivity index (χ0n) is 22.7. The van der Waals surface area contributed by atoms with Gasteiger partial charge in [-0.25, -0.2) is 0 Å². The molecule has 6 nitrogen and oxygen atoms in total. The zero-order chi connectivity index (χ0) is 26.9. The van der Waals surface area contributed by atoms with E-state index >= 15 is 0 Å². The number of phenols is 1. The molecule has 0 saturated carbocycles. The van der Waals surface area contributed by atoms with Crippen molar-refractivity contribution in [3.8, 4) is 17.2 Å². The average Bonchev–Trinajstić information content (AvgIpc) is 3.50. The van der Waals surface area contributed by atoms with Gasteiger partial charge in [0.1, 0.15) is 5.75 Å². The smallest absolute Gasteiger partial charge is 0.253 e. The van der Waals surface area contributed by atoms with Crippen LogP contribution < -0.4 is 9.47 Å². The zero-order valence-corrected chi connectivity index (χ0v) is 22.7. The quantitative estimate of drug-likeness (QED) is 0.397. The minimum Gasteiger partial charge on any atom is -0.508 e. The van der Waals surface area contributed by atoms with Gasteiger partial charge in [-0.15, -0.1) is 0 Å². The highest BCUT2D eigenvalue weighted by molar-refractivity contribution is 5.95. The Morgan fingerprint density at radius 1 is 0.872 bits per heavy atom. The number of ether oxygens (including phenoxy) is 2. The second kappa shape index (κ2) is 10.8. The molecule has 0 spiro atoms. The predicted octanol–water partition coefficient (Wildman–Crippen LogP) is 6.23. The van der Waals surface area contributed by atoms with Crippen molar-refractivity contribution in [2.75, 3.05) is 19.9 Å². The van der Waals surface area contributed by atoms with E-state index in [1.54, 1.807) is 6.07 Å². The lowest BCUT2D eigenvalue weighted by Crippen LogP contribution is -2.40. The van der Waals surface area contributed by atoms with E-state index in [2.05, 4.69) is 35.2 Å². The first-order valence-electron chi connectivity index (χ1n) is 14.1. The van der Waals surface area contributed by atoms with Gasteiger partial charge in [0.25, 0.3) is 5.91 Å². The Kier molecular flexibility index (Phi) is 7.05. The summed E-state index contributed by atoms with van der Waals surface area (Å²) in [6, 6.07) is 22.8. The van der Waals surface area contributed by atoms with Crippen molar-refractivity contribution in [3.63, 3.8) is 0 Å². The number of hydrogen-bond donors (Lipinski definition) is 1. The minimum absolute atomic E-state index is 0.0629. The number of hydrogen-bond acceptors (Lipinski definition) is 5. The van der Waals surface area contributed by atoms with Crippen LogP contribution in [0.5, 0.6) is 17.2 Å². The fraction of sp³-hybridized carbons (Fsp3) is 0.364. The first-order chi connectivity index (χ1) is 19.0. The molecule has 202 valence electrons. The molecule has 6 heteroatoms. The number of benzene rings is 3. The Bertz CT molecular complexity index is 1380. The molecule has 6 rings (SSSR count). The van der Waals surface area contributed by atoms with Crippen LogP contribution in [0.3, 0.4) is 0 Å². The summed E-state index contributed by atoms with van der Waals surface area (Å²) in [6.07, 6.45) is 4.35. The van der Waals surface area contributed by atoms with E-state index in [1.807, 2.05) is 49.1 Å². The average molecular weight is 525 g/mol. The molecular weight excluding hydrogens is 488 g/mol. The van der Waals surface area contributed by atoms with Gasteiger partial charge in [0.15, 0.2) is 11.5 Å². The number of piperidine rings is 1. The van der Waals surface area contributed by atoms with Gasteiger partial charge in [-0.1, -0.05) is 35.9 Å². The van der Waals surface area contributed by atoms with Gasteiger partial charge in [-0.2, -0.15) is 0 Å². The molecule has 3 aromatic rings. The highest BCUT2D eigenvalue weighted by atomic mass is 16.7. The van der Waals surface area contributed by atoms with Crippen molar-refractivity contribution < 1.29 is 19.4 Å². The summed E-state index contributed by atoms with van der Waals surface area (Å²) in [5, 5.41) is 10.3. The highest BCUT2D eigenvalue weighted by Crippen LogP contribution is 2.44. The maximum Gasteiger partial charge on any atom is 0.253 e. The Morgan fingerprint density at radius 3 is 2.26 bits per heavy atom. The van der Waals surface area contributed by atoms with Crippen molar-refractivity contribution in [2.24, 2.45) is 0 Å². The lowest BCUT2D eigenvalue weighted by atomic mass is 9.85. The summed E-state index contributed by atoms with van der Waals surface area (Å²) in [7, 11) is 0. The van der Waals surface area contributed by atoms with E-state index in [0.29, 0.717) is 37.5 Å². The minimum atomic E-state index is 0.0629. The largest absolute Gasteiger partial charge is 0.508 e. The maximum absolute atomic E-state index is 12.9. The van der Waals surface area contributed by atoms with Gasteiger partial charge in [0.2, 0.25) is 6.79 Å². The van der Waals surface area contributed by atoms with Crippen LogP contribution in [-0.2, 0) is 6.54 Å². The summed E-state index contributed by atoms with van der Waals surface area (Å²) >= 11 is 0. The Balaban J connectivity index is 1.30. The van der Waals surface area contributed by atoms with Crippen LogP contribution in [0.4, 0.5) is 0 Å². The van der Waals surface area contributed by atoms with Gasteiger partial charge in [0, 0.05) is 37.3 Å². The Hall–Kier alpha value is -3.77. The molecule has 2 unspecified atom stereocenters. The molecular formula is C33H36N2O4. The van der Waals surface area contributed by atoms with Gasteiger partial charge >= 0.3 is 0 Å². The Morgan fingerprint density at radius 2 is 1.56 bits per heavy atom. The van der Waals surface area contributed by atoms with Crippen molar-refractivity contribution in [1.29, 1.82) is 0 Å². The lowest BCUT2D eigenvalue weighted by Gasteiger charge is -2.37. The van der Waals surface area contributed by atoms with Crippen LogP contribution in [0.2, 0.25) is 0 Å². The number of aromatic hydroxyl groups is 1. The van der Waals surface area contributed by atoms with Gasteiger partial charge in [0.05, 0.1) is 0 Å². The van der Waals surface area contributed by atoms with Crippen LogP contribution in [-0.4, -0.2) is 52.8 Å². The summed E-state index contributed by atoms with van der Waals surface area (Å²) in [5.74, 6) is 1.99. The summed E-state index contributed by atoms with van der Waals surface area (Å²) in [6.45, 7) is 6.61. The number of carbonyl (C=O) groups is 1. The third-order valence-electron chi connectivity index (χ3n) is 8.50. The summed E-state index contributed by atoms with van der Waals surface area (Å²) in [4.78, 5) is 17.4. The molecule has 2 bridgehead atoms. The van der Waals surface area contributed by atoms with E-state index in [-0.39, 0.29) is 11.7 Å². The second-order valence-electron chi connectivity index (χ2n) is 10.7. The van der Waals surface area contributed by atoms with E-state index in [1.165, 1.54) is 29.6 Å². The fourth-order valence-electron chi connectivity index (χ4n) is 6.53. The summed E-state index contributed by atoms with van der Waals surface area (Å²) < 4.78 is 11.1. The standard InChI is InChI=1S/C33H36N2O4/c1-3-34(4-2)33(37)24-11-9-23(10-12-24)32(25-6-5-7-29(36)19-25)26-17-27-13-14-28(18-26)35(27)20-22-8-15-30-31(16-22)39-21-38-30/h5-12,15-16,19,27-28,36H,3-4,13-14,17-18,20-21H2,1-2H3. The number of carbonyl (C=O) groups excluding carboxylic acids is 1. The molecule has 0 radical (unpaired) electrons. The molecule has 0 aliphatic carbocycles. The molecule has 3 aromatic carbocycles. The first kappa shape index (κ1) is 25.5. The predicted molar refractivity (Wildman–Crippen MR) is 152 cm³/mol. The number of fused-ring (bicyclic) bond motifs is 3. The third-order valence-corrected chi connectivity index (χ3v) is 8.50. The number of phenolic OH excluding ortho intramolecular Hbond substituents is 1. The monoisotopic (exact) mass is 524 g/mol. The third kappa shape index (κ3) is 5.01. The van der Waals surface area contributed by atoms with E-state index in [9.17, 15) is 9.90 Å². The molecule has 3 heterocycles. The summed E-state index contributed by atoms with van der Waals surface area (Å²) in [5.41, 5.74) is 6.70. The van der Waals surface area contributed by atoms with E-state index in [0.717, 1.165) is 42.0 Å². The van der Waals surface area contributed by atoms with Gasteiger partial charge in [-0.05, 0) is 98.2 Å². The Labute approximate surface area is 230 Å². The molecule has 1 amide bonds. The maximum atomic E-state index is 12.9. The molecule has 2 fully saturated rings. The first-order valence-corrected chi connectivity index (χ1v) is 14.1. The molecule has 39 heavy (non-hydrogen) atoms. The molecule has 2 atom stereocenters. The van der Waals surface area contributed by atoms with Crippen molar-refractivity contribution in [1.82, 2.24) is 9.80 Å². The topological polar surface area (TPSA) is 62.2 Å². The van der Waals surface area contributed by atoms with Crippen molar-refractivity contribution >= 4 is 11.5 Å². The number of nitrogens with zero attached hydrogens (tertiary/aromatic N) is 2. The van der Waals surface area contributed by atoms with Crippen LogP contribution in [0, 0.1) is 0 Å². The molecule has 1 N–H and O–H groups in total. The normalized spacial score (nSPS) is 19.8. The second-order valence-corrected chi connectivity index (χ2v) is 10.7. The lowest BCUT2D eigenvalue weighted by molar-refractivity contribution is 0.0773. The van der Waals surface area contributed by atoms with Gasteiger partial charge < -0.3 is 19.5 Å². The van der Waals surface area contributed by atoms with Crippen molar-refractivity contribution in [2.45, 2.75) is 58.2 Å². The molecule has 2 saturated heterocycles. The SMILES string of the molecule is CCN(CC)C(=O)c1ccc(C(=C2CC3CCC(C2)N3Cc2ccc3c(c2)OCO3)c2cccc(O)c2)cc1. The van der Waals surface area contributed by atoms with Crippen LogP contribution in [0.25, 0.3) is 5.57 Å². The van der Waals surface area contributed by atoms with Crippen LogP contribution in [0.1, 0.15) is 66.6 Å². The molecule has 3 aliphatic heterocycles. The molecule has 0 aromatic heterocycles. The van der Waals surface area contributed by atoms with E-state index in [4.69, 9.17) is 9.47 Å².